The molecule has 1 unspecified atom stereocenters. The number of ketones is 1. The summed E-state index contributed by atoms with van der Waals surface area (Å²) < 4.78 is 12.8. The first kappa shape index (κ1) is 17.5. The Morgan fingerprint density at radius 2 is 2.00 bits per heavy atom. The number of esters is 1. The zero-order valence-electron chi connectivity index (χ0n) is 15.3. The van der Waals surface area contributed by atoms with Gasteiger partial charge in [-0.3, -0.25) is 9.59 Å². The highest BCUT2D eigenvalue weighted by atomic mass is 16.5. The number of ether oxygens (including phenoxy) is 1. The number of fused-ring (bicyclic) bond motifs is 1. The SMILES string of the molecule is Cc1ccoc1C(=O)c1c(C)cc2n1CCCCC2C(=O)OC(C)C. The third kappa shape index (κ3) is 3.28. The van der Waals surface area contributed by atoms with Crippen LogP contribution in [0.1, 0.15) is 72.1 Å². The van der Waals surface area contributed by atoms with E-state index in [1.807, 2.05) is 38.3 Å². The Morgan fingerprint density at radius 1 is 1.24 bits per heavy atom. The number of aromatic nitrogens is 1. The molecule has 0 saturated carbocycles. The number of nitrogens with zero attached hydrogens (tertiary/aromatic N) is 1. The second kappa shape index (κ2) is 6.90. The van der Waals surface area contributed by atoms with Gasteiger partial charge >= 0.3 is 5.97 Å². The largest absolute Gasteiger partial charge is 0.462 e. The Bertz CT molecular complexity index is 797. The molecule has 5 heteroatoms. The molecule has 2 aromatic rings. The van der Waals surface area contributed by atoms with E-state index in [-0.39, 0.29) is 23.8 Å². The Labute approximate surface area is 148 Å². The minimum atomic E-state index is -0.317. The number of carbonyl (C=O) groups is 2. The van der Waals surface area contributed by atoms with Crippen molar-refractivity contribution in [3.8, 4) is 0 Å². The van der Waals surface area contributed by atoms with E-state index in [1.165, 1.54) is 6.26 Å². The predicted molar refractivity (Wildman–Crippen MR) is 93.9 cm³/mol. The van der Waals surface area contributed by atoms with Crippen LogP contribution in [0.15, 0.2) is 22.8 Å². The fraction of sp³-hybridized carbons (Fsp3) is 0.500. The minimum absolute atomic E-state index is 0.121. The molecule has 1 aliphatic rings. The molecule has 0 saturated heterocycles. The van der Waals surface area contributed by atoms with Crippen LogP contribution in [0.2, 0.25) is 0 Å². The average molecular weight is 343 g/mol. The number of hydrogen-bond donors (Lipinski definition) is 0. The maximum atomic E-state index is 13.0. The fourth-order valence-corrected chi connectivity index (χ4v) is 3.57. The second-order valence-corrected chi connectivity index (χ2v) is 7.05. The molecule has 1 aliphatic heterocycles. The maximum absolute atomic E-state index is 13.0. The predicted octanol–water partition coefficient (Wildman–Crippen LogP) is 4.15. The summed E-state index contributed by atoms with van der Waals surface area (Å²) in [5.74, 6) is -0.273. The van der Waals surface area contributed by atoms with Gasteiger partial charge in [-0.2, -0.15) is 0 Å². The molecule has 0 radical (unpaired) electrons. The fourth-order valence-electron chi connectivity index (χ4n) is 3.57. The molecule has 25 heavy (non-hydrogen) atoms. The van der Waals surface area contributed by atoms with Crippen molar-refractivity contribution in [2.24, 2.45) is 0 Å². The summed E-state index contributed by atoms with van der Waals surface area (Å²) in [5.41, 5.74) is 3.20. The van der Waals surface area contributed by atoms with Gasteiger partial charge in [0.25, 0.3) is 0 Å². The van der Waals surface area contributed by atoms with Crippen molar-refractivity contribution in [3.05, 3.63) is 46.7 Å². The van der Waals surface area contributed by atoms with Crippen molar-refractivity contribution in [2.75, 3.05) is 0 Å². The quantitative estimate of drug-likeness (QED) is 0.618. The van der Waals surface area contributed by atoms with Crippen molar-refractivity contribution in [1.82, 2.24) is 4.57 Å². The average Bonchev–Trinajstić information content (AvgIpc) is 3.03. The van der Waals surface area contributed by atoms with Gasteiger partial charge in [0, 0.05) is 12.2 Å². The summed E-state index contributed by atoms with van der Waals surface area (Å²) in [6.07, 6.45) is 4.01. The van der Waals surface area contributed by atoms with E-state index in [1.54, 1.807) is 6.07 Å². The van der Waals surface area contributed by atoms with Crippen LogP contribution in [0.25, 0.3) is 0 Å². The molecule has 0 N–H and O–H groups in total. The number of carbonyl (C=O) groups excluding carboxylic acids is 2. The van der Waals surface area contributed by atoms with Crippen LogP contribution in [0.5, 0.6) is 0 Å². The van der Waals surface area contributed by atoms with Crippen LogP contribution in [0, 0.1) is 13.8 Å². The van der Waals surface area contributed by atoms with E-state index in [2.05, 4.69) is 0 Å². The first-order valence-electron chi connectivity index (χ1n) is 8.89. The Hall–Kier alpha value is -2.30. The standard InChI is InChI=1S/C20H25NO4/c1-12(2)25-20(23)15-7-5-6-9-21-16(15)11-14(4)17(21)18(22)19-13(3)8-10-24-19/h8,10-12,15H,5-7,9H2,1-4H3. The van der Waals surface area contributed by atoms with Crippen molar-refractivity contribution in [3.63, 3.8) is 0 Å². The third-order valence-electron chi connectivity index (χ3n) is 4.72. The lowest BCUT2D eigenvalue weighted by atomic mass is 9.99. The van der Waals surface area contributed by atoms with Crippen LogP contribution >= 0.6 is 0 Å². The van der Waals surface area contributed by atoms with Crippen molar-refractivity contribution >= 4 is 11.8 Å². The van der Waals surface area contributed by atoms with E-state index < -0.39 is 0 Å². The topological polar surface area (TPSA) is 61.4 Å². The third-order valence-corrected chi connectivity index (χ3v) is 4.72. The minimum Gasteiger partial charge on any atom is -0.462 e. The summed E-state index contributed by atoms with van der Waals surface area (Å²) in [7, 11) is 0. The summed E-state index contributed by atoms with van der Waals surface area (Å²) in [6.45, 7) is 8.22. The summed E-state index contributed by atoms with van der Waals surface area (Å²) in [4.78, 5) is 25.6. The lowest BCUT2D eigenvalue weighted by Crippen LogP contribution is -2.22. The first-order chi connectivity index (χ1) is 11.9. The lowest BCUT2D eigenvalue weighted by molar-refractivity contribution is -0.149. The maximum Gasteiger partial charge on any atom is 0.315 e. The van der Waals surface area contributed by atoms with Crippen LogP contribution in [0.4, 0.5) is 0 Å². The highest BCUT2D eigenvalue weighted by Gasteiger charge is 2.32. The van der Waals surface area contributed by atoms with Gasteiger partial charge in [0.2, 0.25) is 5.78 Å². The van der Waals surface area contributed by atoms with Gasteiger partial charge in [-0.15, -0.1) is 0 Å². The molecule has 0 fully saturated rings. The van der Waals surface area contributed by atoms with Gasteiger partial charge in [0.1, 0.15) is 0 Å². The van der Waals surface area contributed by atoms with Crippen molar-refractivity contribution in [2.45, 2.75) is 65.5 Å². The van der Waals surface area contributed by atoms with Gasteiger partial charge in [-0.1, -0.05) is 6.42 Å². The first-order valence-corrected chi connectivity index (χ1v) is 8.89. The molecule has 0 aromatic carbocycles. The highest BCUT2D eigenvalue weighted by molar-refractivity contribution is 6.08. The Balaban J connectivity index is 2.04. The van der Waals surface area contributed by atoms with Crippen molar-refractivity contribution in [1.29, 1.82) is 0 Å². The number of aryl methyl sites for hydroxylation is 2. The second-order valence-electron chi connectivity index (χ2n) is 7.05. The number of rotatable bonds is 4. The Kier molecular flexibility index (Phi) is 4.84. The molecular formula is C20H25NO4. The van der Waals surface area contributed by atoms with E-state index in [9.17, 15) is 9.59 Å². The molecule has 3 heterocycles. The molecule has 0 amide bonds. The molecule has 134 valence electrons. The normalized spacial score (nSPS) is 17.2. The molecule has 3 rings (SSSR count). The van der Waals surface area contributed by atoms with Gasteiger partial charge < -0.3 is 13.7 Å². The van der Waals surface area contributed by atoms with Gasteiger partial charge in [-0.25, -0.2) is 0 Å². The number of furan rings is 1. The van der Waals surface area contributed by atoms with Crippen molar-refractivity contribution < 1.29 is 18.7 Å². The molecule has 0 aliphatic carbocycles. The molecule has 5 nitrogen and oxygen atoms in total. The smallest absolute Gasteiger partial charge is 0.315 e. The van der Waals surface area contributed by atoms with Crippen LogP contribution in [-0.4, -0.2) is 22.4 Å². The van der Waals surface area contributed by atoms with E-state index >= 15 is 0 Å². The van der Waals surface area contributed by atoms with Crippen LogP contribution < -0.4 is 0 Å². The van der Waals surface area contributed by atoms with E-state index in [0.717, 1.165) is 42.6 Å². The molecule has 0 spiro atoms. The van der Waals surface area contributed by atoms with Gasteiger partial charge in [0.05, 0.1) is 24.0 Å². The summed E-state index contributed by atoms with van der Waals surface area (Å²) in [5, 5.41) is 0. The van der Waals surface area contributed by atoms with E-state index in [4.69, 9.17) is 9.15 Å². The highest BCUT2D eigenvalue weighted by Crippen LogP contribution is 2.33. The van der Waals surface area contributed by atoms with Crippen LogP contribution in [0.3, 0.4) is 0 Å². The molecule has 1 atom stereocenters. The summed E-state index contributed by atoms with van der Waals surface area (Å²) >= 11 is 0. The summed E-state index contributed by atoms with van der Waals surface area (Å²) in [6, 6.07) is 3.75. The van der Waals surface area contributed by atoms with Crippen LogP contribution in [-0.2, 0) is 16.1 Å². The molecular weight excluding hydrogens is 318 g/mol. The zero-order valence-corrected chi connectivity index (χ0v) is 15.3. The lowest BCUT2D eigenvalue weighted by Gasteiger charge is -2.17. The Morgan fingerprint density at radius 3 is 2.64 bits per heavy atom. The molecule has 2 aromatic heterocycles. The monoisotopic (exact) mass is 343 g/mol. The molecule has 0 bridgehead atoms. The van der Waals surface area contributed by atoms with Gasteiger partial charge in [0.15, 0.2) is 5.76 Å². The van der Waals surface area contributed by atoms with E-state index in [0.29, 0.717) is 11.5 Å². The zero-order chi connectivity index (χ0) is 18.1. The van der Waals surface area contributed by atoms with Gasteiger partial charge in [-0.05, 0) is 63.8 Å². The number of hydrogen-bond acceptors (Lipinski definition) is 4.